The van der Waals surface area contributed by atoms with E-state index in [4.69, 9.17) is 0 Å². The number of phenolic OH excluding ortho intramolecular Hbond substituents is 2. The van der Waals surface area contributed by atoms with Crippen molar-refractivity contribution in [1.29, 1.82) is 0 Å². The molecule has 0 aliphatic rings. The van der Waals surface area contributed by atoms with Crippen LogP contribution < -0.4 is 0 Å². The molecule has 0 heterocycles. The first-order valence-electron chi connectivity index (χ1n) is 8.25. The third kappa shape index (κ3) is 2.96. The lowest BCUT2D eigenvalue weighted by Crippen LogP contribution is -1.96. The van der Waals surface area contributed by atoms with E-state index in [9.17, 15) is 10.2 Å². The van der Waals surface area contributed by atoms with E-state index in [1.165, 1.54) is 22.3 Å². The molecule has 2 aromatic carbocycles. The van der Waals surface area contributed by atoms with Crippen LogP contribution in [0.4, 0.5) is 0 Å². The van der Waals surface area contributed by atoms with Crippen LogP contribution in [0.1, 0.15) is 49.9 Å². The summed E-state index contributed by atoms with van der Waals surface area (Å²) in [4.78, 5) is 0. The lowest BCUT2D eigenvalue weighted by molar-refractivity contribution is 0.468. The first-order valence-corrected chi connectivity index (χ1v) is 8.25. The Kier molecular flexibility index (Phi) is 5.12. The standard InChI is InChI=1S/C20H26O2/c1-5-13-9-17(19(21)11-15(13)7-3)18-10-14(6-2)16(8-4)12-20(18)22/h9-12,21-22H,5-8H2,1-4H3. The van der Waals surface area contributed by atoms with Gasteiger partial charge in [-0.25, -0.2) is 0 Å². The van der Waals surface area contributed by atoms with E-state index in [1.54, 1.807) is 0 Å². The van der Waals surface area contributed by atoms with E-state index in [2.05, 4.69) is 27.7 Å². The van der Waals surface area contributed by atoms with Crippen molar-refractivity contribution < 1.29 is 10.2 Å². The summed E-state index contributed by atoms with van der Waals surface area (Å²) in [7, 11) is 0. The molecule has 2 heteroatoms. The molecule has 2 rings (SSSR count). The lowest BCUT2D eigenvalue weighted by Gasteiger charge is -2.15. The van der Waals surface area contributed by atoms with E-state index in [0.717, 1.165) is 36.8 Å². The van der Waals surface area contributed by atoms with Gasteiger partial charge in [-0.05, 0) is 72.2 Å². The Morgan fingerprint density at radius 2 is 0.818 bits per heavy atom. The summed E-state index contributed by atoms with van der Waals surface area (Å²) in [6.45, 7) is 8.42. The Balaban J connectivity index is 2.66. The van der Waals surface area contributed by atoms with Crippen LogP contribution in [0.25, 0.3) is 11.1 Å². The van der Waals surface area contributed by atoms with E-state index in [-0.39, 0.29) is 11.5 Å². The van der Waals surface area contributed by atoms with Crippen molar-refractivity contribution >= 4 is 0 Å². The van der Waals surface area contributed by atoms with Gasteiger partial charge in [0.15, 0.2) is 0 Å². The van der Waals surface area contributed by atoms with Crippen LogP contribution >= 0.6 is 0 Å². The molecule has 0 aliphatic heterocycles. The minimum atomic E-state index is 0.246. The highest BCUT2D eigenvalue weighted by Gasteiger charge is 2.15. The van der Waals surface area contributed by atoms with Crippen LogP contribution in [0.3, 0.4) is 0 Å². The monoisotopic (exact) mass is 298 g/mol. The van der Waals surface area contributed by atoms with Crippen LogP contribution in [0.15, 0.2) is 24.3 Å². The number of rotatable bonds is 5. The maximum absolute atomic E-state index is 10.4. The maximum atomic E-state index is 10.4. The molecule has 0 atom stereocenters. The summed E-state index contributed by atoms with van der Waals surface area (Å²) in [6, 6.07) is 7.72. The number of aromatic hydroxyl groups is 2. The lowest BCUT2D eigenvalue weighted by atomic mass is 9.91. The maximum Gasteiger partial charge on any atom is 0.123 e. The highest BCUT2D eigenvalue weighted by Crippen LogP contribution is 2.39. The minimum Gasteiger partial charge on any atom is -0.507 e. The van der Waals surface area contributed by atoms with Crippen LogP contribution in [-0.4, -0.2) is 10.2 Å². The van der Waals surface area contributed by atoms with Gasteiger partial charge in [-0.2, -0.15) is 0 Å². The first-order chi connectivity index (χ1) is 10.5. The number of hydrogen-bond acceptors (Lipinski definition) is 2. The number of aryl methyl sites for hydroxylation is 4. The van der Waals surface area contributed by atoms with Gasteiger partial charge in [0, 0.05) is 11.1 Å². The second-order valence-corrected chi connectivity index (χ2v) is 5.69. The Morgan fingerprint density at radius 3 is 1.09 bits per heavy atom. The summed E-state index contributed by atoms with van der Waals surface area (Å²) < 4.78 is 0. The Bertz CT molecular complexity index is 612. The zero-order valence-electron chi connectivity index (χ0n) is 14.0. The van der Waals surface area contributed by atoms with Gasteiger partial charge in [-0.3, -0.25) is 0 Å². The summed E-state index contributed by atoms with van der Waals surface area (Å²) >= 11 is 0. The van der Waals surface area contributed by atoms with E-state index >= 15 is 0 Å². The van der Waals surface area contributed by atoms with E-state index in [1.807, 2.05) is 24.3 Å². The smallest absolute Gasteiger partial charge is 0.123 e. The van der Waals surface area contributed by atoms with Gasteiger partial charge < -0.3 is 10.2 Å². The van der Waals surface area contributed by atoms with Crippen LogP contribution in [0.5, 0.6) is 11.5 Å². The van der Waals surface area contributed by atoms with Gasteiger partial charge in [0.1, 0.15) is 11.5 Å². The molecule has 0 aliphatic carbocycles. The molecule has 2 nitrogen and oxygen atoms in total. The topological polar surface area (TPSA) is 40.5 Å². The molecule has 0 amide bonds. The zero-order chi connectivity index (χ0) is 16.3. The molecule has 0 spiro atoms. The predicted octanol–water partition coefficient (Wildman–Crippen LogP) is 5.01. The third-order valence-corrected chi connectivity index (χ3v) is 4.45. The molecule has 118 valence electrons. The highest BCUT2D eigenvalue weighted by atomic mass is 16.3. The van der Waals surface area contributed by atoms with Crippen LogP contribution in [0.2, 0.25) is 0 Å². The van der Waals surface area contributed by atoms with Gasteiger partial charge >= 0.3 is 0 Å². The molecule has 0 radical (unpaired) electrons. The number of hydrogen-bond donors (Lipinski definition) is 2. The van der Waals surface area contributed by atoms with Crippen molar-refractivity contribution in [1.82, 2.24) is 0 Å². The second-order valence-electron chi connectivity index (χ2n) is 5.69. The second kappa shape index (κ2) is 6.87. The molecule has 0 aromatic heterocycles. The third-order valence-electron chi connectivity index (χ3n) is 4.45. The van der Waals surface area contributed by atoms with Gasteiger partial charge in [0.25, 0.3) is 0 Å². The van der Waals surface area contributed by atoms with Crippen molar-refractivity contribution in [3.05, 3.63) is 46.5 Å². The first kappa shape index (κ1) is 16.4. The zero-order valence-corrected chi connectivity index (χ0v) is 14.0. The largest absolute Gasteiger partial charge is 0.507 e. The van der Waals surface area contributed by atoms with Gasteiger partial charge in [-0.15, -0.1) is 0 Å². The SMILES string of the molecule is CCc1cc(O)c(-c2cc(CC)c(CC)cc2O)cc1CC. The summed E-state index contributed by atoms with van der Waals surface area (Å²) in [5, 5.41) is 20.8. The Morgan fingerprint density at radius 1 is 0.545 bits per heavy atom. The highest BCUT2D eigenvalue weighted by molar-refractivity contribution is 5.77. The normalized spacial score (nSPS) is 10.9. The number of benzene rings is 2. The Labute approximate surface area is 133 Å². The fourth-order valence-corrected chi connectivity index (χ4v) is 3.10. The minimum absolute atomic E-state index is 0.246. The summed E-state index contributed by atoms with van der Waals surface area (Å²) in [5.41, 5.74) is 6.25. The molecule has 2 aromatic rings. The van der Waals surface area contributed by atoms with Crippen LogP contribution in [-0.2, 0) is 25.7 Å². The van der Waals surface area contributed by atoms with Crippen molar-refractivity contribution in [3.63, 3.8) is 0 Å². The van der Waals surface area contributed by atoms with E-state index in [0.29, 0.717) is 0 Å². The molecule has 0 saturated heterocycles. The fourth-order valence-electron chi connectivity index (χ4n) is 3.10. The van der Waals surface area contributed by atoms with Gasteiger partial charge in [0.2, 0.25) is 0 Å². The molecule has 0 unspecified atom stereocenters. The summed E-state index contributed by atoms with van der Waals surface area (Å²) in [5.74, 6) is 0.492. The molecular weight excluding hydrogens is 272 g/mol. The average molecular weight is 298 g/mol. The summed E-state index contributed by atoms with van der Waals surface area (Å²) in [6.07, 6.45) is 3.64. The van der Waals surface area contributed by atoms with Crippen molar-refractivity contribution in [2.75, 3.05) is 0 Å². The van der Waals surface area contributed by atoms with Crippen molar-refractivity contribution in [3.8, 4) is 22.6 Å². The molecular formula is C20H26O2. The predicted molar refractivity (Wildman–Crippen MR) is 92.7 cm³/mol. The van der Waals surface area contributed by atoms with Crippen molar-refractivity contribution in [2.45, 2.75) is 53.4 Å². The van der Waals surface area contributed by atoms with Gasteiger partial charge in [-0.1, -0.05) is 27.7 Å². The molecule has 22 heavy (non-hydrogen) atoms. The van der Waals surface area contributed by atoms with Gasteiger partial charge in [0.05, 0.1) is 0 Å². The van der Waals surface area contributed by atoms with E-state index < -0.39 is 0 Å². The molecule has 0 saturated carbocycles. The average Bonchev–Trinajstić information content (AvgIpc) is 2.54. The molecule has 2 N–H and O–H groups in total. The van der Waals surface area contributed by atoms with Crippen molar-refractivity contribution in [2.24, 2.45) is 0 Å². The molecule has 0 bridgehead atoms. The fraction of sp³-hybridized carbons (Fsp3) is 0.400. The quantitative estimate of drug-likeness (QED) is 0.814. The van der Waals surface area contributed by atoms with Crippen LogP contribution in [0, 0.1) is 0 Å². The molecule has 0 fully saturated rings. The Hall–Kier alpha value is -1.96. The number of phenols is 2.